The van der Waals surface area contributed by atoms with E-state index < -0.39 is 15.6 Å². The lowest BCUT2D eigenvalue weighted by Gasteiger charge is -2.33. The van der Waals surface area contributed by atoms with Crippen molar-refractivity contribution >= 4 is 16.1 Å². The van der Waals surface area contributed by atoms with E-state index in [9.17, 15) is 13.2 Å². The van der Waals surface area contributed by atoms with E-state index in [0.717, 1.165) is 0 Å². The Balaban J connectivity index is 1.91. The highest BCUT2D eigenvalue weighted by molar-refractivity contribution is 7.89. The summed E-state index contributed by atoms with van der Waals surface area (Å²) >= 11 is 0. The number of carbonyl (C=O) groups is 1. The van der Waals surface area contributed by atoms with Crippen molar-refractivity contribution in [3.63, 3.8) is 0 Å². The summed E-state index contributed by atoms with van der Waals surface area (Å²) < 4.78 is 38.0. The number of nitrogens with zero attached hydrogens (tertiary/aromatic N) is 1. The molecule has 0 atom stereocenters. The zero-order valence-electron chi connectivity index (χ0n) is 15.1. The summed E-state index contributed by atoms with van der Waals surface area (Å²) in [7, 11) is -2.06. The van der Waals surface area contributed by atoms with Crippen molar-refractivity contribution in [1.82, 2.24) is 9.62 Å². The molecule has 2 rings (SSSR count). The van der Waals surface area contributed by atoms with Gasteiger partial charge in [0, 0.05) is 19.1 Å². The van der Waals surface area contributed by atoms with E-state index in [2.05, 4.69) is 4.72 Å². The van der Waals surface area contributed by atoms with Crippen molar-refractivity contribution in [3.8, 4) is 5.75 Å². The molecular weight excluding hydrogens is 344 g/mol. The smallest absolute Gasteiger partial charge is 0.410 e. The Morgan fingerprint density at radius 3 is 2.20 bits per heavy atom. The minimum absolute atomic E-state index is 0.197. The highest BCUT2D eigenvalue weighted by atomic mass is 32.2. The quantitative estimate of drug-likeness (QED) is 0.879. The predicted molar refractivity (Wildman–Crippen MR) is 94.1 cm³/mol. The van der Waals surface area contributed by atoms with Crippen LogP contribution in [0.3, 0.4) is 0 Å². The molecule has 1 heterocycles. The van der Waals surface area contributed by atoms with Crippen LogP contribution in [0, 0.1) is 0 Å². The molecule has 1 aliphatic heterocycles. The van der Waals surface area contributed by atoms with Crippen molar-refractivity contribution in [1.29, 1.82) is 0 Å². The van der Waals surface area contributed by atoms with E-state index >= 15 is 0 Å². The third-order valence-corrected chi connectivity index (χ3v) is 5.37. The van der Waals surface area contributed by atoms with E-state index in [1.54, 1.807) is 17.0 Å². The Labute approximate surface area is 149 Å². The minimum Gasteiger partial charge on any atom is -0.497 e. The topological polar surface area (TPSA) is 84.9 Å². The van der Waals surface area contributed by atoms with Gasteiger partial charge in [0.2, 0.25) is 10.0 Å². The fourth-order valence-electron chi connectivity index (χ4n) is 2.55. The Kier molecular flexibility index (Phi) is 5.95. The van der Waals surface area contributed by atoms with E-state index in [1.807, 2.05) is 20.8 Å². The largest absolute Gasteiger partial charge is 0.497 e. The molecule has 140 valence electrons. The first-order valence-corrected chi connectivity index (χ1v) is 9.73. The Hall–Kier alpha value is -1.80. The molecule has 0 aromatic heterocycles. The van der Waals surface area contributed by atoms with Crippen LogP contribution < -0.4 is 9.46 Å². The van der Waals surface area contributed by atoms with Gasteiger partial charge >= 0.3 is 6.09 Å². The fourth-order valence-corrected chi connectivity index (χ4v) is 3.85. The number of carbonyl (C=O) groups excluding carboxylic acids is 1. The summed E-state index contributed by atoms with van der Waals surface area (Å²) in [6, 6.07) is 6.04. The zero-order chi connectivity index (χ0) is 18.7. The van der Waals surface area contributed by atoms with Crippen molar-refractivity contribution in [3.05, 3.63) is 24.3 Å². The maximum Gasteiger partial charge on any atom is 0.410 e. The van der Waals surface area contributed by atoms with Crippen molar-refractivity contribution in [2.45, 2.75) is 50.2 Å². The molecular formula is C17H26N2O5S. The monoisotopic (exact) mass is 370 g/mol. The molecule has 0 spiro atoms. The van der Waals surface area contributed by atoms with Gasteiger partial charge in [0.15, 0.2) is 0 Å². The number of piperidine rings is 1. The maximum absolute atomic E-state index is 12.4. The number of hydrogen-bond acceptors (Lipinski definition) is 5. The average molecular weight is 370 g/mol. The molecule has 0 aliphatic carbocycles. The first kappa shape index (κ1) is 19.5. The molecule has 0 bridgehead atoms. The minimum atomic E-state index is -3.59. The maximum atomic E-state index is 12.4. The SMILES string of the molecule is COc1ccc(S(=O)(=O)NC2CCN(C(=O)OC(C)(C)C)CC2)cc1. The number of methoxy groups -OCH3 is 1. The summed E-state index contributed by atoms with van der Waals surface area (Å²) in [6.45, 7) is 6.39. The van der Waals surface area contributed by atoms with Crippen LogP contribution >= 0.6 is 0 Å². The lowest BCUT2D eigenvalue weighted by molar-refractivity contribution is 0.0203. The number of hydrogen-bond donors (Lipinski definition) is 1. The molecule has 1 aromatic rings. The molecule has 1 aromatic carbocycles. The van der Waals surface area contributed by atoms with Gasteiger partial charge in [-0.05, 0) is 57.9 Å². The molecule has 1 aliphatic rings. The third-order valence-electron chi connectivity index (χ3n) is 3.84. The lowest BCUT2D eigenvalue weighted by Crippen LogP contribution is -2.47. The van der Waals surface area contributed by atoms with Crippen molar-refractivity contribution in [2.75, 3.05) is 20.2 Å². The van der Waals surface area contributed by atoms with Crippen molar-refractivity contribution < 1.29 is 22.7 Å². The van der Waals surface area contributed by atoms with Crippen LogP contribution in [0.2, 0.25) is 0 Å². The molecule has 0 radical (unpaired) electrons. The predicted octanol–water partition coefficient (Wildman–Crippen LogP) is 2.37. The van der Waals surface area contributed by atoms with E-state index in [4.69, 9.17) is 9.47 Å². The number of amides is 1. The van der Waals surface area contributed by atoms with E-state index in [1.165, 1.54) is 19.2 Å². The Morgan fingerprint density at radius 2 is 1.72 bits per heavy atom. The number of likely N-dealkylation sites (tertiary alicyclic amines) is 1. The molecule has 1 amide bonds. The van der Waals surface area contributed by atoms with Crippen LogP contribution in [0.4, 0.5) is 4.79 Å². The molecule has 0 unspecified atom stereocenters. The molecule has 1 saturated heterocycles. The Bertz CT molecular complexity index is 687. The van der Waals surface area contributed by atoms with Crippen LogP contribution in [-0.2, 0) is 14.8 Å². The number of nitrogens with one attached hydrogen (secondary N) is 1. The summed E-state index contributed by atoms with van der Waals surface area (Å²) in [6.07, 6.45) is 0.743. The summed E-state index contributed by atoms with van der Waals surface area (Å²) in [5.74, 6) is 0.601. The van der Waals surface area contributed by atoms with Crippen LogP contribution in [0.5, 0.6) is 5.75 Å². The number of sulfonamides is 1. The van der Waals surface area contributed by atoms with Gasteiger partial charge in [-0.2, -0.15) is 0 Å². The highest BCUT2D eigenvalue weighted by Gasteiger charge is 2.29. The molecule has 25 heavy (non-hydrogen) atoms. The fraction of sp³-hybridized carbons (Fsp3) is 0.588. The summed E-state index contributed by atoms with van der Waals surface area (Å²) in [5, 5.41) is 0. The van der Waals surface area contributed by atoms with Crippen LogP contribution in [0.25, 0.3) is 0 Å². The van der Waals surface area contributed by atoms with Crippen LogP contribution in [-0.4, -0.2) is 51.3 Å². The average Bonchev–Trinajstić information content (AvgIpc) is 2.53. The Morgan fingerprint density at radius 1 is 1.16 bits per heavy atom. The molecule has 1 fully saturated rings. The molecule has 8 heteroatoms. The van der Waals surface area contributed by atoms with Gasteiger partial charge in [-0.1, -0.05) is 0 Å². The van der Waals surface area contributed by atoms with Gasteiger partial charge in [-0.15, -0.1) is 0 Å². The lowest BCUT2D eigenvalue weighted by atomic mass is 10.1. The normalized spacial score (nSPS) is 16.6. The first-order valence-electron chi connectivity index (χ1n) is 8.25. The highest BCUT2D eigenvalue weighted by Crippen LogP contribution is 2.19. The standard InChI is InChI=1S/C17H26N2O5S/c1-17(2,3)24-16(20)19-11-9-13(10-12-19)18-25(21,22)15-7-5-14(23-4)6-8-15/h5-8,13,18H,9-12H2,1-4H3. The zero-order valence-corrected chi connectivity index (χ0v) is 15.9. The molecule has 0 saturated carbocycles. The van der Waals surface area contributed by atoms with Gasteiger partial charge in [-0.25, -0.2) is 17.9 Å². The van der Waals surface area contributed by atoms with Crippen LogP contribution in [0.1, 0.15) is 33.6 Å². The van der Waals surface area contributed by atoms with E-state index in [-0.39, 0.29) is 17.0 Å². The van der Waals surface area contributed by atoms with Gasteiger partial charge in [-0.3, -0.25) is 0 Å². The van der Waals surface area contributed by atoms with Gasteiger partial charge in [0.05, 0.1) is 12.0 Å². The third kappa shape index (κ3) is 5.61. The van der Waals surface area contributed by atoms with Gasteiger partial charge in [0.25, 0.3) is 0 Å². The second-order valence-corrected chi connectivity index (χ2v) is 8.75. The second kappa shape index (κ2) is 7.61. The molecule has 1 N–H and O–H groups in total. The van der Waals surface area contributed by atoms with Crippen molar-refractivity contribution in [2.24, 2.45) is 0 Å². The first-order chi connectivity index (χ1) is 11.6. The summed E-state index contributed by atoms with van der Waals surface area (Å²) in [4.78, 5) is 13.9. The van der Waals surface area contributed by atoms with Gasteiger partial charge < -0.3 is 14.4 Å². The van der Waals surface area contributed by atoms with Crippen LogP contribution in [0.15, 0.2) is 29.2 Å². The number of ether oxygens (including phenoxy) is 2. The van der Waals surface area contributed by atoms with Gasteiger partial charge in [0.1, 0.15) is 11.4 Å². The summed E-state index contributed by atoms with van der Waals surface area (Å²) in [5.41, 5.74) is -0.538. The second-order valence-electron chi connectivity index (χ2n) is 7.04. The number of rotatable bonds is 4. The van der Waals surface area contributed by atoms with E-state index in [0.29, 0.717) is 31.7 Å². The molecule has 7 nitrogen and oxygen atoms in total. The number of benzene rings is 1.